The predicted molar refractivity (Wildman–Crippen MR) is 73.4 cm³/mol. The van der Waals surface area contributed by atoms with Crippen molar-refractivity contribution in [3.63, 3.8) is 0 Å². The molecular formula is C14H27N3O. The first-order chi connectivity index (χ1) is 8.61. The van der Waals surface area contributed by atoms with E-state index < -0.39 is 0 Å². The highest BCUT2D eigenvalue weighted by Crippen LogP contribution is 2.15. The van der Waals surface area contributed by atoms with Gasteiger partial charge in [0.15, 0.2) is 0 Å². The summed E-state index contributed by atoms with van der Waals surface area (Å²) in [5.74, 6) is 0. The van der Waals surface area contributed by atoms with E-state index in [1.807, 2.05) is 6.92 Å². The number of nitrogens with one attached hydrogen (secondary N) is 1. The second-order valence-electron chi connectivity index (χ2n) is 5.47. The molecule has 4 heteroatoms. The summed E-state index contributed by atoms with van der Waals surface area (Å²) in [7, 11) is 2.16. The standard InChI is InChI=1S/C14H27N3O/c1-4-8-16-14(2,12-15)7-5-9-17(3)13-6-10-18-11-13/h13,16H,4-11H2,1-3H3. The summed E-state index contributed by atoms with van der Waals surface area (Å²) >= 11 is 0. The molecule has 18 heavy (non-hydrogen) atoms. The molecule has 0 aromatic carbocycles. The van der Waals surface area contributed by atoms with E-state index in [9.17, 15) is 5.26 Å². The van der Waals surface area contributed by atoms with E-state index in [0.717, 1.165) is 52.0 Å². The van der Waals surface area contributed by atoms with Crippen LogP contribution < -0.4 is 5.32 Å². The second-order valence-corrected chi connectivity index (χ2v) is 5.47. The van der Waals surface area contributed by atoms with Gasteiger partial charge in [-0.1, -0.05) is 6.92 Å². The fourth-order valence-corrected chi connectivity index (χ4v) is 2.32. The van der Waals surface area contributed by atoms with E-state index in [4.69, 9.17) is 4.74 Å². The van der Waals surface area contributed by atoms with Crippen LogP contribution in [0.25, 0.3) is 0 Å². The fraction of sp³-hybridized carbons (Fsp3) is 0.929. The Kier molecular flexibility index (Phi) is 6.62. The molecule has 0 aromatic rings. The number of rotatable bonds is 8. The van der Waals surface area contributed by atoms with Crippen molar-refractivity contribution in [3.05, 3.63) is 0 Å². The van der Waals surface area contributed by atoms with Gasteiger partial charge in [-0.05, 0) is 52.7 Å². The average molecular weight is 253 g/mol. The van der Waals surface area contributed by atoms with Gasteiger partial charge in [-0.2, -0.15) is 5.26 Å². The highest BCUT2D eigenvalue weighted by Gasteiger charge is 2.24. The molecule has 0 radical (unpaired) electrons. The second kappa shape index (κ2) is 7.73. The van der Waals surface area contributed by atoms with Gasteiger partial charge in [0, 0.05) is 12.6 Å². The fourth-order valence-electron chi connectivity index (χ4n) is 2.32. The first kappa shape index (κ1) is 15.4. The number of hydrogen-bond acceptors (Lipinski definition) is 4. The number of ether oxygens (including phenoxy) is 1. The van der Waals surface area contributed by atoms with E-state index in [0.29, 0.717) is 6.04 Å². The lowest BCUT2D eigenvalue weighted by atomic mass is 9.97. The third kappa shape index (κ3) is 4.93. The SMILES string of the molecule is CCCNC(C)(C#N)CCCN(C)C1CCOC1. The summed E-state index contributed by atoms with van der Waals surface area (Å²) in [6.07, 6.45) is 4.16. The van der Waals surface area contributed by atoms with Crippen LogP contribution in [0.3, 0.4) is 0 Å². The molecule has 0 aromatic heterocycles. The van der Waals surface area contributed by atoms with Gasteiger partial charge in [-0.25, -0.2) is 0 Å². The molecule has 0 amide bonds. The largest absolute Gasteiger partial charge is 0.380 e. The van der Waals surface area contributed by atoms with Gasteiger partial charge in [0.25, 0.3) is 0 Å². The summed E-state index contributed by atoms with van der Waals surface area (Å²) in [4.78, 5) is 2.37. The molecule has 0 spiro atoms. The van der Waals surface area contributed by atoms with Crippen LogP contribution in [0, 0.1) is 11.3 Å². The third-order valence-corrected chi connectivity index (χ3v) is 3.73. The first-order valence-corrected chi connectivity index (χ1v) is 7.05. The van der Waals surface area contributed by atoms with E-state index in [-0.39, 0.29) is 5.54 Å². The Bertz CT molecular complexity index is 271. The highest BCUT2D eigenvalue weighted by molar-refractivity contribution is 5.03. The van der Waals surface area contributed by atoms with Crippen molar-refractivity contribution in [2.24, 2.45) is 0 Å². The smallest absolute Gasteiger partial charge is 0.103 e. The van der Waals surface area contributed by atoms with Crippen molar-refractivity contribution >= 4 is 0 Å². The van der Waals surface area contributed by atoms with Gasteiger partial charge in [0.05, 0.1) is 12.7 Å². The molecule has 1 aliphatic heterocycles. The molecule has 2 unspecified atom stereocenters. The van der Waals surface area contributed by atoms with Crippen LogP contribution in [0.4, 0.5) is 0 Å². The molecule has 1 fully saturated rings. The Balaban J connectivity index is 2.24. The van der Waals surface area contributed by atoms with Gasteiger partial charge in [0.1, 0.15) is 5.54 Å². The maximum absolute atomic E-state index is 9.24. The van der Waals surface area contributed by atoms with Crippen LogP contribution in [-0.4, -0.2) is 49.8 Å². The summed E-state index contributed by atoms with van der Waals surface area (Å²) in [5.41, 5.74) is -0.372. The summed E-state index contributed by atoms with van der Waals surface area (Å²) in [5, 5.41) is 12.6. The van der Waals surface area contributed by atoms with Crippen molar-refractivity contribution in [1.82, 2.24) is 10.2 Å². The quantitative estimate of drug-likeness (QED) is 0.716. The topological polar surface area (TPSA) is 48.3 Å². The van der Waals surface area contributed by atoms with Crippen LogP contribution in [0.15, 0.2) is 0 Å². The zero-order chi connectivity index (χ0) is 13.4. The average Bonchev–Trinajstić information content (AvgIpc) is 2.90. The number of nitrogens with zero attached hydrogens (tertiary/aromatic N) is 2. The van der Waals surface area contributed by atoms with Crippen LogP contribution >= 0.6 is 0 Å². The molecule has 4 nitrogen and oxygen atoms in total. The van der Waals surface area contributed by atoms with Crippen LogP contribution in [0.1, 0.15) is 39.5 Å². The zero-order valence-electron chi connectivity index (χ0n) is 12.0. The Hall–Kier alpha value is -0.630. The lowest BCUT2D eigenvalue weighted by Gasteiger charge is -2.26. The Morgan fingerprint density at radius 2 is 2.33 bits per heavy atom. The van der Waals surface area contributed by atoms with Crippen molar-refractivity contribution in [2.75, 3.05) is 33.4 Å². The number of hydrogen-bond donors (Lipinski definition) is 1. The van der Waals surface area contributed by atoms with Crippen molar-refractivity contribution < 1.29 is 4.74 Å². The maximum Gasteiger partial charge on any atom is 0.103 e. The molecule has 0 saturated carbocycles. The highest BCUT2D eigenvalue weighted by atomic mass is 16.5. The maximum atomic E-state index is 9.24. The van der Waals surface area contributed by atoms with Gasteiger partial charge < -0.3 is 9.64 Å². The molecule has 0 aliphatic carbocycles. The van der Waals surface area contributed by atoms with E-state index in [2.05, 4.69) is 30.3 Å². The van der Waals surface area contributed by atoms with E-state index >= 15 is 0 Å². The molecule has 2 atom stereocenters. The van der Waals surface area contributed by atoms with Gasteiger partial charge in [-0.15, -0.1) is 0 Å². The zero-order valence-corrected chi connectivity index (χ0v) is 12.0. The van der Waals surface area contributed by atoms with E-state index in [1.54, 1.807) is 0 Å². The van der Waals surface area contributed by atoms with Crippen LogP contribution in [-0.2, 0) is 4.74 Å². The van der Waals surface area contributed by atoms with Crippen molar-refractivity contribution in [3.8, 4) is 6.07 Å². The molecule has 1 heterocycles. The van der Waals surface area contributed by atoms with Gasteiger partial charge in [0.2, 0.25) is 0 Å². The normalized spacial score (nSPS) is 22.9. The Labute approximate surface area is 111 Å². The summed E-state index contributed by atoms with van der Waals surface area (Å²) in [6, 6.07) is 2.97. The molecule has 1 rings (SSSR count). The molecule has 1 saturated heterocycles. The molecule has 0 bridgehead atoms. The van der Waals surface area contributed by atoms with Crippen molar-refractivity contribution in [2.45, 2.75) is 51.1 Å². The van der Waals surface area contributed by atoms with Gasteiger partial charge >= 0.3 is 0 Å². The van der Waals surface area contributed by atoms with Gasteiger partial charge in [-0.3, -0.25) is 5.32 Å². The minimum atomic E-state index is -0.372. The summed E-state index contributed by atoms with van der Waals surface area (Å²) in [6.45, 7) is 7.83. The first-order valence-electron chi connectivity index (χ1n) is 7.05. The Morgan fingerprint density at radius 1 is 1.56 bits per heavy atom. The number of nitriles is 1. The predicted octanol–water partition coefficient (Wildman–Crippen LogP) is 1.77. The lowest BCUT2D eigenvalue weighted by Crippen LogP contribution is -2.42. The van der Waals surface area contributed by atoms with Crippen LogP contribution in [0.5, 0.6) is 0 Å². The van der Waals surface area contributed by atoms with Crippen molar-refractivity contribution in [1.29, 1.82) is 5.26 Å². The molecule has 1 aliphatic rings. The summed E-state index contributed by atoms with van der Waals surface area (Å²) < 4.78 is 5.39. The molecular weight excluding hydrogens is 226 g/mol. The van der Waals surface area contributed by atoms with E-state index in [1.165, 1.54) is 0 Å². The molecule has 104 valence electrons. The minimum Gasteiger partial charge on any atom is -0.380 e. The Morgan fingerprint density at radius 3 is 2.89 bits per heavy atom. The van der Waals surface area contributed by atoms with Crippen LogP contribution in [0.2, 0.25) is 0 Å². The minimum absolute atomic E-state index is 0.372. The third-order valence-electron chi connectivity index (χ3n) is 3.73. The molecule has 1 N–H and O–H groups in total. The monoisotopic (exact) mass is 253 g/mol. The number of likely N-dealkylation sites (N-methyl/N-ethyl adjacent to an activating group) is 1. The lowest BCUT2D eigenvalue weighted by molar-refractivity contribution is 0.157.